The predicted octanol–water partition coefficient (Wildman–Crippen LogP) is 3.38. The number of amides is 1. The number of nitrogens with zero attached hydrogens (tertiary/aromatic N) is 1. The van der Waals surface area contributed by atoms with E-state index >= 15 is 0 Å². The van der Waals surface area contributed by atoms with E-state index in [-0.39, 0.29) is 23.0 Å². The molecule has 0 atom stereocenters. The maximum Gasteiger partial charge on any atom is 0.267 e. The molecule has 2 rings (SSSR count). The molecule has 1 aromatic carbocycles. The van der Waals surface area contributed by atoms with E-state index in [0.29, 0.717) is 5.56 Å². The highest BCUT2D eigenvalue weighted by Gasteiger charge is 2.40. The number of benzene rings is 1. The molecule has 0 N–H and O–H groups in total. The van der Waals surface area contributed by atoms with Crippen molar-refractivity contribution in [3.8, 4) is 0 Å². The minimum absolute atomic E-state index is 0.0225. The Kier molecular flexibility index (Phi) is 3.40. The molecule has 2 nitrogen and oxygen atoms in total. The summed E-state index contributed by atoms with van der Waals surface area (Å²) in [6.07, 6.45) is -0.323. The second-order valence-corrected chi connectivity index (χ2v) is 5.27. The highest BCUT2D eigenvalue weighted by molar-refractivity contribution is 9.10. The molecule has 1 aliphatic heterocycles. The zero-order valence-corrected chi connectivity index (χ0v) is 11.2. The van der Waals surface area contributed by atoms with Gasteiger partial charge >= 0.3 is 0 Å². The van der Waals surface area contributed by atoms with Crippen molar-refractivity contribution in [2.75, 3.05) is 13.1 Å². The van der Waals surface area contributed by atoms with Gasteiger partial charge in [-0.25, -0.2) is 13.2 Å². The van der Waals surface area contributed by atoms with Gasteiger partial charge in [0.25, 0.3) is 11.8 Å². The Hall–Kier alpha value is -1.04. The molecule has 1 aliphatic rings. The molecule has 0 aliphatic carbocycles. The molecule has 1 heterocycles. The molecule has 0 spiro atoms. The van der Waals surface area contributed by atoms with Gasteiger partial charge in [-0.2, -0.15) is 0 Å². The summed E-state index contributed by atoms with van der Waals surface area (Å²) in [5.74, 6) is -3.76. The van der Waals surface area contributed by atoms with Crippen LogP contribution in [0.1, 0.15) is 22.3 Å². The molecule has 1 amide bonds. The standard InChI is InChI=1S/C12H11BrF3NO/c1-7-4-8(9(13)5-10(7)14)11(18)17-3-2-12(15,16)6-17/h4-5H,2-3,6H2,1H3. The highest BCUT2D eigenvalue weighted by Crippen LogP contribution is 2.30. The summed E-state index contributed by atoms with van der Waals surface area (Å²) in [7, 11) is 0. The topological polar surface area (TPSA) is 20.3 Å². The summed E-state index contributed by atoms with van der Waals surface area (Å²) in [5, 5.41) is 0. The number of rotatable bonds is 1. The summed E-state index contributed by atoms with van der Waals surface area (Å²) in [5.41, 5.74) is 0.527. The van der Waals surface area contributed by atoms with Gasteiger partial charge in [0.1, 0.15) is 5.82 Å². The van der Waals surface area contributed by atoms with Crippen molar-refractivity contribution in [3.63, 3.8) is 0 Å². The van der Waals surface area contributed by atoms with Crippen LogP contribution in [-0.2, 0) is 0 Å². The van der Waals surface area contributed by atoms with Gasteiger partial charge in [-0.1, -0.05) is 0 Å². The van der Waals surface area contributed by atoms with E-state index in [1.807, 2.05) is 0 Å². The molecule has 0 unspecified atom stereocenters. The van der Waals surface area contributed by atoms with Crippen LogP contribution in [-0.4, -0.2) is 29.8 Å². The molecule has 0 saturated carbocycles. The molecule has 1 fully saturated rings. The van der Waals surface area contributed by atoms with E-state index in [2.05, 4.69) is 15.9 Å². The van der Waals surface area contributed by atoms with Gasteiger partial charge in [0.15, 0.2) is 0 Å². The SMILES string of the molecule is Cc1cc(C(=O)N2CCC(F)(F)C2)c(Br)cc1F. The zero-order valence-electron chi connectivity index (χ0n) is 9.64. The van der Waals surface area contributed by atoms with Gasteiger partial charge in [-0.15, -0.1) is 0 Å². The van der Waals surface area contributed by atoms with Crippen LogP contribution in [0.3, 0.4) is 0 Å². The first-order chi connectivity index (χ1) is 8.30. The van der Waals surface area contributed by atoms with E-state index in [1.165, 1.54) is 19.1 Å². The molecule has 6 heteroatoms. The average molecular weight is 322 g/mol. The summed E-state index contributed by atoms with van der Waals surface area (Å²) in [6, 6.07) is 2.55. The third kappa shape index (κ3) is 2.53. The molecular weight excluding hydrogens is 311 g/mol. The Bertz CT molecular complexity index is 504. The minimum Gasteiger partial charge on any atom is -0.332 e. The van der Waals surface area contributed by atoms with Crippen molar-refractivity contribution in [2.45, 2.75) is 19.3 Å². The molecule has 0 bridgehead atoms. The Balaban J connectivity index is 2.27. The first-order valence-electron chi connectivity index (χ1n) is 5.43. The smallest absolute Gasteiger partial charge is 0.267 e. The van der Waals surface area contributed by atoms with E-state index < -0.39 is 24.2 Å². The van der Waals surface area contributed by atoms with E-state index in [9.17, 15) is 18.0 Å². The van der Waals surface area contributed by atoms with Gasteiger partial charge in [-0.3, -0.25) is 4.79 Å². The van der Waals surface area contributed by atoms with Gasteiger partial charge in [-0.05, 0) is 40.5 Å². The number of hydrogen-bond acceptors (Lipinski definition) is 1. The van der Waals surface area contributed by atoms with Crippen molar-refractivity contribution >= 4 is 21.8 Å². The molecule has 0 aromatic heterocycles. The van der Waals surface area contributed by atoms with Crippen LogP contribution < -0.4 is 0 Å². The third-order valence-electron chi connectivity index (χ3n) is 2.94. The van der Waals surface area contributed by atoms with E-state index in [1.54, 1.807) is 0 Å². The fourth-order valence-corrected chi connectivity index (χ4v) is 2.39. The second kappa shape index (κ2) is 4.57. The van der Waals surface area contributed by atoms with Crippen LogP contribution in [0.25, 0.3) is 0 Å². The number of carbonyl (C=O) groups excluding carboxylic acids is 1. The number of aryl methyl sites for hydroxylation is 1. The van der Waals surface area contributed by atoms with E-state index in [4.69, 9.17) is 0 Å². The minimum atomic E-state index is -2.82. The summed E-state index contributed by atoms with van der Waals surface area (Å²) in [4.78, 5) is 13.2. The first-order valence-corrected chi connectivity index (χ1v) is 6.22. The van der Waals surface area contributed by atoms with Gasteiger partial charge in [0, 0.05) is 17.4 Å². The predicted molar refractivity (Wildman–Crippen MR) is 64.3 cm³/mol. The number of likely N-dealkylation sites (tertiary alicyclic amines) is 1. The van der Waals surface area contributed by atoms with Crippen LogP contribution in [0.4, 0.5) is 13.2 Å². The van der Waals surface area contributed by atoms with Crippen molar-refractivity contribution in [1.29, 1.82) is 0 Å². The lowest BCUT2D eigenvalue weighted by molar-refractivity contribution is 0.0120. The first kappa shape index (κ1) is 13.4. The maximum atomic E-state index is 13.2. The Morgan fingerprint density at radius 1 is 1.44 bits per heavy atom. The lowest BCUT2D eigenvalue weighted by Gasteiger charge is -2.17. The van der Waals surface area contributed by atoms with Gasteiger partial charge in [0.2, 0.25) is 0 Å². The number of hydrogen-bond donors (Lipinski definition) is 0. The molecule has 1 aromatic rings. The second-order valence-electron chi connectivity index (χ2n) is 4.41. The molecule has 98 valence electrons. The molecule has 18 heavy (non-hydrogen) atoms. The number of carbonyl (C=O) groups is 1. The molecular formula is C12H11BrF3NO. The quantitative estimate of drug-likeness (QED) is 0.776. The number of halogens is 4. The van der Waals surface area contributed by atoms with Crippen LogP contribution in [0.2, 0.25) is 0 Å². The fraction of sp³-hybridized carbons (Fsp3) is 0.417. The average Bonchev–Trinajstić information content (AvgIpc) is 2.63. The maximum absolute atomic E-state index is 13.2. The van der Waals surface area contributed by atoms with Crippen LogP contribution >= 0.6 is 15.9 Å². The largest absolute Gasteiger partial charge is 0.332 e. The fourth-order valence-electron chi connectivity index (χ4n) is 1.90. The Morgan fingerprint density at radius 3 is 2.67 bits per heavy atom. The van der Waals surface area contributed by atoms with Crippen LogP contribution in [0.5, 0.6) is 0 Å². The summed E-state index contributed by atoms with van der Waals surface area (Å²) in [6.45, 7) is 0.973. The van der Waals surface area contributed by atoms with Crippen LogP contribution in [0, 0.1) is 12.7 Å². The highest BCUT2D eigenvalue weighted by atomic mass is 79.9. The van der Waals surface area contributed by atoms with Gasteiger partial charge in [0.05, 0.1) is 12.1 Å². The normalized spacial score (nSPS) is 18.2. The monoisotopic (exact) mass is 321 g/mol. The van der Waals surface area contributed by atoms with Gasteiger partial charge < -0.3 is 4.90 Å². The van der Waals surface area contributed by atoms with Crippen molar-refractivity contribution < 1.29 is 18.0 Å². The van der Waals surface area contributed by atoms with Crippen molar-refractivity contribution in [3.05, 3.63) is 33.5 Å². The van der Waals surface area contributed by atoms with Crippen molar-refractivity contribution in [1.82, 2.24) is 4.90 Å². The lowest BCUT2D eigenvalue weighted by Crippen LogP contribution is -2.31. The Labute approximate surface area is 111 Å². The Morgan fingerprint density at radius 2 is 2.11 bits per heavy atom. The lowest BCUT2D eigenvalue weighted by atomic mass is 10.1. The van der Waals surface area contributed by atoms with Crippen molar-refractivity contribution in [2.24, 2.45) is 0 Å². The molecule has 0 radical (unpaired) electrons. The third-order valence-corrected chi connectivity index (χ3v) is 3.59. The zero-order chi connectivity index (χ0) is 13.5. The van der Waals surface area contributed by atoms with E-state index in [0.717, 1.165) is 4.90 Å². The van der Waals surface area contributed by atoms with Crippen LogP contribution in [0.15, 0.2) is 16.6 Å². The number of alkyl halides is 2. The molecule has 1 saturated heterocycles. The summed E-state index contributed by atoms with van der Waals surface area (Å²) < 4.78 is 39.6. The summed E-state index contributed by atoms with van der Waals surface area (Å²) >= 11 is 3.08.